The number of amides is 1. The van der Waals surface area contributed by atoms with Gasteiger partial charge in [0.25, 0.3) is 0 Å². The van der Waals surface area contributed by atoms with Gasteiger partial charge in [-0.25, -0.2) is 9.36 Å². The number of esters is 1. The van der Waals surface area contributed by atoms with Crippen LogP contribution in [0.1, 0.15) is 187 Å². The van der Waals surface area contributed by atoms with E-state index in [9.17, 15) is 34.1 Å². The van der Waals surface area contributed by atoms with Gasteiger partial charge in [0, 0.05) is 12.8 Å². The van der Waals surface area contributed by atoms with Crippen molar-refractivity contribution in [2.45, 2.75) is 199 Å². The lowest BCUT2D eigenvalue weighted by Gasteiger charge is -2.18. The molecule has 11 nitrogen and oxygen atoms in total. The third kappa shape index (κ3) is 38.4. The van der Waals surface area contributed by atoms with E-state index < -0.39 is 57.6 Å². The van der Waals surface area contributed by atoms with Gasteiger partial charge in [-0.3, -0.25) is 18.6 Å². The number of carbonyl (C=O) groups is 3. The number of hydrogen-bond donors (Lipinski definition) is 4. The van der Waals surface area contributed by atoms with E-state index in [1.165, 1.54) is 70.6 Å². The van der Waals surface area contributed by atoms with Crippen molar-refractivity contribution in [2.24, 2.45) is 0 Å². The zero-order chi connectivity index (χ0) is 40.7. The average molecular weight is 800 g/mol. The smallest absolute Gasteiger partial charge is 0.472 e. The van der Waals surface area contributed by atoms with E-state index in [0.717, 1.165) is 77.0 Å². The summed E-state index contributed by atoms with van der Waals surface area (Å²) in [6, 6.07) is -1.55. The molecular weight excluding hydrogens is 721 g/mol. The topological polar surface area (TPSA) is 169 Å². The Morgan fingerprint density at radius 2 is 1.04 bits per heavy atom. The Bertz CT molecular complexity index is 1080. The second kappa shape index (κ2) is 38.6. The van der Waals surface area contributed by atoms with Crippen molar-refractivity contribution >= 4 is 25.7 Å². The monoisotopic (exact) mass is 800 g/mol. The van der Waals surface area contributed by atoms with Gasteiger partial charge in [-0.05, 0) is 64.2 Å². The molecule has 0 aromatic heterocycles. The van der Waals surface area contributed by atoms with E-state index in [-0.39, 0.29) is 12.8 Å². The number of unbranched alkanes of at least 4 members (excludes halogenated alkanes) is 20. The number of allylic oxidation sites excluding steroid dienone is 6. The van der Waals surface area contributed by atoms with Crippen LogP contribution in [0.3, 0.4) is 0 Å². The number of aliphatic hydroxyl groups excluding tert-OH is 1. The van der Waals surface area contributed by atoms with Crippen LogP contribution in [0.5, 0.6) is 0 Å². The van der Waals surface area contributed by atoms with Crippen LogP contribution in [0.4, 0.5) is 0 Å². The molecule has 0 rings (SSSR count). The van der Waals surface area contributed by atoms with Gasteiger partial charge < -0.3 is 25.2 Å². The standard InChI is InChI=1S/C43H78NO10P/c1-3-5-7-9-11-13-15-17-18-19-20-21-23-24-26-28-30-32-34-41(46)44-40(43(48)49)38-54-55(50,51)53-37-39(45)36-52-42(47)35-33-31-29-27-25-22-16-14-12-10-8-6-4-2/h8,10,14,16,18-19,39-40,45H,3-7,9,11-13,15,17,20-38H2,1-2H3,(H,44,46)(H,48,49)(H,50,51)/b10-8-,16-14-,19-18-. The molecule has 55 heavy (non-hydrogen) atoms. The van der Waals surface area contributed by atoms with Crippen LogP contribution in [0, 0.1) is 0 Å². The first-order chi connectivity index (χ1) is 26.6. The Kier molecular flexibility index (Phi) is 37.0. The molecule has 0 heterocycles. The maximum atomic E-state index is 12.3. The quantitative estimate of drug-likeness (QED) is 0.0202. The van der Waals surface area contributed by atoms with Crippen LogP contribution < -0.4 is 5.32 Å². The van der Waals surface area contributed by atoms with Gasteiger partial charge >= 0.3 is 19.8 Å². The van der Waals surface area contributed by atoms with Crippen LogP contribution in [-0.2, 0) is 32.7 Å². The predicted octanol–water partition coefficient (Wildman–Crippen LogP) is 10.8. The van der Waals surface area contributed by atoms with Gasteiger partial charge in [0.2, 0.25) is 5.91 Å². The van der Waals surface area contributed by atoms with E-state index >= 15 is 0 Å². The van der Waals surface area contributed by atoms with E-state index in [1.54, 1.807) is 0 Å². The zero-order valence-electron chi connectivity index (χ0n) is 34.5. The molecule has 0 saturated carbocycles. The van der Waals surface area contributed by atoms with Crippen molar-refractivity contribution in [3.05, 3.63) is 36.5 Å². The lowest BCUT2D eigenvalue weighted by molar-refractivity contribution is -0.147. The number of ether oxygens (including phenoxy) is 1. The molecule has 3 unspecified atom stereocenters. The highest BCUT2D eigenvalue weighted by Gasteiger charge is 2.28. The second-order valence-electron chi connectivity index (χ2n) is 14.5. The van der Waals surface area contributed by atoms with E-state index in [4.69, 9.17) is 13.8 Å². The molecule has 0 saturated heterocycles. The normalized spacial score (nSPS) is 14.1. The van der Waals surface area contributed by atoms with Crippen molar-refractivity contribution in [3.8, 4) is 0 Å². The Labute approximate surface area is 333 Å². The third-order valence-electron chi connectivity index (χ3n) is 9.13. The Morgan fingerprint density at radius 1 is 0.582 bits per heavy atom. The molecule has 0 aliphatic heterocycles. The second-order valence-corrected chi connectivity index (χ2v) is 16.0. The summed E-state index contributed by atoms with van der Waals surface area (Å²) in [6.07, 6.45) is 40.2. The lowest BCUT2D eigenvalue weighted by Crippen LogP contribution is -2.43. The number of phosphoric acid groups is 1. The summed E-state index contributed by atoms with van der Waals surface area (Å²) < 4.78 is 26.8. The summed E-state index contributed by atoms with van der Waals surface area (Å²) in [7, 11) is -4.76. The fourth-order valence-corrected chi connectivity index (χ4v) is 6.53. The number of aliphatic hydroxyl groups is 1. The van der Waals surface area contributed by atoms with Crippen LogP contribution in [0.15, 0.2) is 36.5 Å². The minimum Gasteiger partial charge on any atom is -0.480 e. The number of phosphoric ester groups is 1. The summed E-state index contributed by atoms with van der Waals surface area (Å²) in [6.45, 7) is 2.50. The van der Waals surface area contributed by atoms with Crippen molar-refractivity contribution in [1.29, 1.82) is 0 Å². The molecule has 1 amide bonds. The first-order valence-electron chi connectivity index (χ1n) is 21.5. The SMILES string of the molecule is CCC/C=C\C/C=C\CCCCCCCC(=O)OCC(O)COP(=O)(O)OCC(NC(=O)CCCCCCCCC/C=C\CCCCCCCCC)C(=O)O. The van der Waals surface area contributed by atoms with Gasteiger partial charge in [0.1, 0.15) is 12.7 Å². The summed E-state index contributed by atoms with van der Waals surface area (Å²) in [4.78, 5) is 45.9. The summed E-state index contributed by atoms with van der Waals surface area (Å²) in [5.74, 6) is -2.39. The Morgan fingerprint density at radius 3 is 1.56 bits per heavy atom. The zero-order valence-corrected chi connectivity index (χ0v) is 35.4. The van der Waals surface area contributed by atoms with Gasteiger partial charge in [-0.15, -0.1) is 0 Å². The Balaban J connectivity index is 3.93. The molecule has 0 aromatic carbocycles. The van der Waals surface area contributed by atoms with Crippen molar-refractivity contribution in [1.82, 2.24) is 5.32 Å². The highest BCUT2D eigenvalue weighted by atomic mass is 31.2. The molecule has 4 N–H and O–H groups in total. The van der Waals surface area contributed by atoms with E-state index in [1.807, 2.05) is 0 Å². The largest absolute Gasteiger partial charge is 0.480 e. The number of rotatable bonds is 40. The van der Waals surface area contributed by atoms with Crippen LogP contribution in [-0.4, -0.2) is 64.9 Å². The number of carboxylic acid groups (broad SMARTS) is 1. The first kappa shape index (κ1) is 52.7. The van der Waals surface area contributed by atoms with Crippen LogP contribution >= 0.6 is 7.82 Å². The highest BCUT2D eigenvalue weighted by molar-refractivity contribution is 7.47. The summed E-state index contributed by atoms with van der Waals surface area (Å²) in [5, 5.41) is 21.8. The number of hydrogen-bond acceptors (Lipinski definition) is 8. The summed E-state index contributed by atoms with van der Waals surface area (Å²) in [5.41, 5.74) is 0. The Hall–Kier alpha value is -2.30. The number of carboxylic acids is 1. The van der Waals surface area contributed by atoms with Crippen molar-refractivity contribution < 1.29 is 47.8 Å². The van der Waals surface area contributed by atoms with Crippen LogP contribution in [0.2, 0.25) is 0 Å². The number of aliphatic carboxylic acids is 1. The molecule has 0 bridgehead atoms. The first-order valence-corrected chi connectivity index (χ1v) is 23.0. The fourth-order valence-electron chi connectivity index (χ4n) is 5.76. The maximum Gasteiger partial charge on any atom is 0.472 e. The molecule has 0 aliphatic carbocycles. The van der Waals surface area contributed by atoms with E-state index in [0.29, 0.717) is 12.8 Å². The average Bonchev–Trinajstić information content (AvgIpc) is 3.16. The fraction of sp³-hybridized carbons (Fsp3) is 0.791. The molecule has 0 radical (unpaired) electrons. The summed E-state index contributed by atoms with van der Waals surface area (Å²) >= 11 is 0. The van der Waals surface area contributed by atoms with Gasteiger partial charge in [-0.2, -0.15) is 0 Å². The molecule has 320 valence electrons. The van der Waals surface area contributed by atoms with Gasteiger partial charge in [-0.1, -0.05) is 147 Å². The highest BCUT2D eigenvalue weighted by Crippen LogP contribution is 2.43. The maximum absolute atomic E-state index is 12.3. The third-order valence-corrected chi connectivity index (χ3v) is 10.1. The molecule has 3 atom stereocenters. The van der Waals surface area contributed by atoms with Gasteiger partial charge in [0.15, 0.2) is 6.04 Å². The molecular formula is C43H78NO10P. The number of carbonyl (C=O) groups excluding carboxylic acids is 2. The lowest BCUT2D eigenvalue weighted by atomic mass is 10.1. The minimum atomic E-state index is -4.76. The van der Waals surface area contributed by atoms with Crippen LogP contribution in [0.25, 0.3) is 0 Å². The number of nitrogens with one attached hydrogen (secondary N) is 1. The molecule has 0 aromatic rings. The molecule has 12 heteroatoms. The van der Waals surface area contributed by atoms with Gasteiger partial charge in [0.05, 0.1) is 13.2 Å². The molecule has 0 spiro atoms. The predicted molar refractivity (Wildman–Crippen MR) is 222 cm³/mol. The molecule has 0 aliphatic rings. The molecule has 0 fully saturated rings. The van der Waals surface area contributed by atoms with Crippen molar-refractivity contribution in [3.63, 3.8) is 0 Å². The van der Waals surface area contributed by atoms with E-state index in [2.05, 4.69) is 55.6 Å². The minimum absolute atomic E-state index is 0.140. The van der Waals surface area contributed by atoms with Crippen molar-refractivity contribution in [2.75, 3.05) is 19.8 Å².